The van der Waals surface area contributed by atoms with Crippen LogP contribution in [-0.2, 0) is 20.0 Å². The van der Waals surface area contributed by atoms with Crippen molar-refractivity contribution in [1.82, 2.24) is 10.2 Å². The maximum Gasteiger partial charge on any atom is 0.193 e. The highest BCUT2D eigenvalue weighted by molar-refractivity contribution is 7.91. The molecule has 0 saturated carbocycles. The van der Waals surface area contributed by atoms with Crippen LogP contribution in [0.5, 0.6) is 0 Å². The molecule has 2 rings (SSSR count). The molecule has 0 bridgehead atoms. The number of hydrogen-bond donors (Lipinski definition) is 1. The van der Waals surface area contributed by atoms with E-state index in [1.54, 1.807) is 19.2 Å². The Hall–Kier alpha value is -1.60. The lowest BCUT2D eigenvalue weighted by molar-refractivity contribution is 0.0264. The smallest absolute Gasteiger partial charge is 0.193 e. The van der Waals surface area contributed by atoms with Gasteiger partial charge in [0.2, 0.25) is 0 Å². The largest absolute Gasteiger partial charge is 0.378 e. The molecule has 0 aromatic heterocycles. The number of benzene rings is 1. The van der Waals surface area contributed by atoms with Gasteiger partial charge >= 0.3 is 0 Å². The third kappa shape index (κ3) is 6.21. The first-order chi connectivity index (χ1) is 13.2. The lowest BCUT2D eigenvalue weighted by Crippen LogP contribution is -2.47. The number of hydrogen-bond acceptors (Lipinski definition) is 4. The average molecular weight is 410 g/mol. The fraction of sp³-hybridized carbons (Fsp3) is 0.667. The summed E-state index contributed by atoms with van der Waals surface area (Å²) in [6, 6.07) is 7.23. The number of sulfone groups is 1. The second kappa shape index (κ2) is 9.74. The molecule has 0 amide bonds. The maximum atomic E-state index is 12.6. The van der Waals surface area contributed by atoms with Crippen LogP contribution in [0.3, 0.4) is 0 Å². The van der Waals surface area contributed by atoms with E-state index in [4.69, 9.17) is 4.74 Å². The SMILES string of the molecule is CCOC1CCN(C(=NC)NCCS(=O)(=O)c2ccc(C(C)(C)C)cc2)CC1. The average Bonchev–Trinajstić information content (AvgIpc) is 2.66. The summed E-state index contributed by atoms with van der Waals surface area (Å²) in [5.74, 6) is 0.796. The highest BCUT2D eigenvalue weighted by Gasteiger charge is 2.22. The first-order valence-corrected chi connectivity index (χ1v) is 11.7. The second-order valence-electron chi connectivity index (χ2n) is 8.21. The molecule has 1 aromatic carbocycles. The Bertz CT molecular complexity index is 744. The molecule has 0 radical (unpaired) electrons. The Kier molecular flexibility index (Phi) is 7.89. The zero-order chi connectivity index (χ0) is 20.8. The van der Waals surface area contributed by atoms with Crippen LogP contribution in [-0.4, -0.2) is 64.4 Å². The van der Waals surface area contributed by atoms with Crippen LogP contribution >= 0.6 is 0 Å². The van der Waals surface area contributed by atoms with Gasteiger partial charge < -0.3 is 15.0 Å². The fourth-order valence-electron chi connectivity index (χ4n) is 3.38. The van der Waals surface area contributed by atoms with Crippen molar-refractivity contribution >= 4 is 15.8 Å². The number of guanidine groups is 1. The second-order valence-corrected chi connectivity index (χ2v) is 10.3. The number of rotatable bonds is 6. The number of aliphatic imine (C=N–C) groups is 1. The molecule has 28 heavy (non-hydrogen) atoms. The normalized spacial score (nSPS) is 17.0. The van der Waals surface area contributed by atoms with Crippen molar-refractivity contribution in [2.45, 2.75) is 57.0 Å². The van der Waals surface area contributed by atoms with E-state index < -0.39 is 9.84 Å². The summed E-state index contributed by atoms with van der Waals surface area (Å²) in [5.41, 5.74) is 1.13. The summed E-state index contributed by atoms with van der Waals surface area (Å²) >= 11 is 0. The van der Waals surface area contributed by atoms with Crippen molar-refractivity contribution < 1.29 is 13.2 Å². The molecule has 1 saturated heterocycles. The molecule has 1 aromatic rings. The van der Waals surface area contributed by atoms with Gasteiger partial charge in [0.15, 0.2) is 15.8 Å². The third-order valence-corrected chi connectivity index (χ3v) is 6.82. The molecule has 1 heterocycles. The van der Waals surface area contributed by atoms with Gasteiger partial charge in [0.25, 0.3) is 0 Å². The van der Waals surface area contributed by atoms with E-state index in [1.165, 1.54) is 0 Å². The number of nitrogens with one attached hydrogen (secondary N) is 1. The zero-order valence-corrected chi connectivity index (χ0v) is 18.7. The van der Waals surface area contributed by atoms with Crippen molar-refractivity contribution in [3.8, 4) is 0 Å². The van der Waals surface area contributed by atoms with Crippen LogP contribution in [0.4, 0.5) is 0 Å². The van der Waals surface area contributed by atoms with E-state index in [0.29, 0.717) is 17.5 Å². The quantitative estimate of drug-likeness (QED) is 0.578. The van der Waals surface area contributed by atoms with Gasteiger partial charge in [0, 0.05) is 33.3 Å². The lowest BCUT2D eigenvalue weighted by atomic mass is 9.87. The van der Waals surface area contributed by atoms with Crippen molar-refractivity contribution in [3.05, 3.63) is 29.8 Å². The monoisotopic (exact) mass is 409 g/mol. The van der Waals surface area contributed by atoms with Crippen LogP contribution in [0.15, 0.2) is 34.2 Å². The predicted molar refractivity (Wildman–Crippen MR) is 115 cm³/mol. The summed E-state index contributed by atoms with van der Waals surface area (Å²) in [6.07, 6.45) is 2.25. The fourth-order valence-corrected chi connectivity index (χ4v) is 4.54. The van der Waals surface area contributed by atoms with Gasteiger partial charge in [-0.05, 0) is 42.9 Å². The summed E-state index contributed by atoms with van der Waals surface area (Å²) in [7, 11) is -1.60. The molecule has 1 aliphatic rings. The number of piperidine rings is 1. The molecule has 0 atom stereocenters. The van der Waals surface area contributed by atoms with E-state index in [2.05, 4.69) is 36.0 Å². The summed E-state index contributed by atoms with van der Waals surface area (Å²) in [4.78, 5) is 6.85. The molecule has 6 nitrogen and oxygen atoms in total. The minimum Gasteiger partial charge on any atom is -0.378 e. The van der Waals surface area contributed by atoms with Gasteiger partial charge in [0.1, 0.15) is 0 Å². The Labute approximate surface area is 170 Å². The Morgan fingerprint density at radius 2 is 1.82 bits per heavy atom. The molecular formula is C21H35N3O3S. The van der Waals surface area contributed by atoms with Crippen molar-refractivity contribution in [3.63, 3.8) is 0 Å². The van der Waals surface area contributed by atoms with E-state index in [-0.39, 0.29) is 11.2 Å². The van der Waals surface area contributed by atoms with Gasteiger partial charge in [-0.15, -0.1) is 0 Å². The Balaban J connectivity index is 1.88. The summed E-state index contributed by atoms with van der Waals surface area (Å²) in [5, 5.41) is 3.20. The van der Waals surface area contributed by atoms with E-state index in [9.17, 15) is 8.42 Å². The first kappa shape index (κ1) is 22.7. The van der Waals surface area contributed by atoms with Gasteiger partial charge in [-0.3, -0.25) is 4.99 Å². The highest BCUT2D eigenvalue weighted by Crippen LogP contribution is 2.23. The van der Waals surface area contributed by atoms with Gasteiger partial charge in [-0.2, -0.15) is 0 Å². The van der Waals surface area contributed by atoms with Crippen molar-refractivity contribution in [1.29, 1.82) is 0 Å². The highest BCUT2D eigenvalue weighted by atomic mass is 32.2. The molecule has 1 fully saturated rings. The summed E-state index contributed by atoms with van der Waals surface area (Å²) < 4.78 is 31.0. The molecule has 158 valence electrons. The van der Waals surface area contributed by atoms with Crippen LogP contribution in [0.1, 0.15) is 46.1 Å². The first-order valence-electron chi connectivity index (χ1n) is 10.1. The van der Waals surface area contributed by atoms with E-state index in [0.717, 1.165) is 44.1 Å². The van der Waals surface area contributed by atoms with E-state index >= 15 is 0 Å². The topological polar surface area (TPSA) is 71.0 Å². The molecule has 0 unspecified atom stereocenters. The van der Waals surface area contributed by atoms with Crippen LogP contribution in [0.2, 0.25) is 0 Å². The standard InChI is InChI=1S/C21H35N3O3S/c1-6-27-18-11-14-24(15-12-18)20(22-5)23-13-16-28(25,26)19-9-7-17(8-10-19)21(2,3)4/h7-10,18H,6,11-16H2,1-5H3,(H,22,23). The Morgan fingerprint density at radius 1 is 1.21 bits per heavy atom. The zero-order valence-electron chi connectivity index (χ0n) is 17.9. The number of ether oxygens (including phenoxy) is 1. The lowest BCUT2D eigenvalue weighted by Gasteiger charge is -2.34. The Morgan fingerprint density at radius 3 is 2.32 bits per heavy atom. The molecule has 0 spiro atoms. The number of nitrogens with zero attached hydrogens (tertiary/aromatic N) is 2. The molecule has 1 aliphatic heterocycles. The number of likely N-dealkylation sites (tertiary alicyclic amines) is 1. The van der Waals surface area contributed by atoms with Crippen molar-refractivity contribution in [2.75, 3.05) is 39.0 Å². The van der Waals surface area contributed by atoms with Crippen LogP contribution in [0.25, 0.3) is 0 Å². The van der Waals surface area contributed by atoms with Crippen LogP contribution in [0, 0.1) is 0 Å². The maximum absolute atomic E-state index is 12.6. The predicted octanol–water partition coefficient (Wildman–Crippen LogP) is 2.83. The van der Waals surface area contributed by atoms with Gasteiger partial charge in [-0.25, -0.2) is 8.42 Å². The van der Waals surface area contributed by atoms with Crippen LogP contribution < -0.4 is 5.32 Å². The van der Waals surface area contributed by atoms with Crippen molar-refractivity contribution in [2.24, 2.45) is 4.99 Å². The molecule has 0 aliphatic carbocycles. The minimum absolute atomic E-state index is 0.00591. The molecule has 7 heteroatoms. The third-order valence-electron chi connectivity index (χ3n) is 5.09. The van der Waals surface area contributed by atoms with Gasteiger partial charge in [0.05, 0.1) is 16.8 Å². The molecule has 1 N–H and O–H groups in total. The minimum atomic E-state index is -3.33. The van der Waals surface area contributed by atoms with E-state index in [1.807, 2.05) is 19.1 Å². The molecular weight excluding hydrogens is 374 g/mol. The summed E-state index contributed by atoms with van der Waals surface area (Å²) in [6.45, 7) is 11.2. The van der Waals surface area contributed by atoms with Gasteiger partial charge in [-0.1, -0.05) is 32.9 Å².